The van der Waals surface area contributed by atoms with Crippen molar-refractivity contribution in [2.45, 2.75) is 26.7 Å². The van der Waals surface area contributed by atoms with Crippen molar-refractivity contribution in [3.8, 4) is 0 Å². The molecule has 0 bridgehead atoms. The van der Waals surface area contributed by atoms with Crippen molar-refractivity contribution in [3.05, 3.63) is 16.5 Å². The van der Waals surface area contributed by atoms with E-state index in [9.17, 15) is 4.79 Å². The summed E-state index contributed by atoms with van der Waals surface area (Å²) in [6, 6.07) is 1.95. The summed E-state index contributed by atoms with van der Waals surface area (Å²) in [5, 5.41) is 0. The molecule has 1 fully saturated rings. The maximum absolute atomic E-state index is 11.3. The van der Waals surface area contributed by atoms with Gasteiger partial charge in [0.05, 0.1) is 0 Å². The first-order valence-corrected chi connectivity index (χ1v) is 7.43. The number of hydrogen-bond donors (Lipinski definition) is 0. The van der Waals surface area contributed by atoms with Crippen molar-refractivity contribution in [2.24, 2.45) is 0 Å². The minimum absolute atomic E-state index is 0.148. The molecule has 0 radical (unpaired) electrons. The Morgan fingerprint density at radius 3 is 2.58 bits per heavy atom. The van der Waals surface area contributed by atoms with E-state index in [0.29, 0.717) is 0 Å². The summed E-state index contributed by atoms with van der Waals surface area (Å²) in [6.07, 6.45) is 1.92. The zero-order chi connectivity index (χ0) is 13.8. The minimum Gasteiger partial charge on any atom is -0.353 e. The number of aromatic nitrogens is 2. The lowest BCUT2D eigenvalue weighted by Gasteiger charge is -2.35. The topological polar surface area (TPSA) is 49.3 Å². The van der Waals surface area contributed by atoms with Crippen molar-refractivity contribution in [1.82, 2.24) is 14.9 Å². The fourth-order valence-corrected chi connectivity index (χ4v) is 2.61. The van der Waals surface area contributed by atoms with Crippen molar-refractivity contribution in [1.29, 1.82) is 0 Å². The second-order valence-electron chi connectivity index (χ2n) is 4.71. The molecule has 1 aromatic heterocycles. The Morgan fingerprint density at radius 1 is 1.32 bits per heavy atom. The minimum atomic E-state index is 0.148. The monoisotopic (exact) mass is 326 g/mol. The smallest absolute Gasteiger partial charge is 0.219 e. The Bertz CT molecular complexity index is 458. The third kappa shape index (κ3) is 3.65. The first-order chi connectivity index (χ1) is 9.10. The molecule has 1 aliphatic heterocycles. The lowest BCUT2D eigenvalue weighted by Crippen LogP contribution is -2.48. The van der Waals surface area contributed by atoms with Crippen LogP contribution in [0.1, 0.15) is 26.1 Å². The van der Waals surface area contributed by atoms with Gasteiger partial charge in [-0.15, -0.1) is 0 Å². The lowest BCUT2D eigenvalue weighted by molar-refractivity contribution is -0.129. The summed E-state index contributed by atoms with van der Waals surface area (Å²) in [4.78, 5) is 24.4. The molecule has 2 rings (SSSR count). The number of amides is 1. The average molecular weight is 327 g/mol. The zero-order valence-electron chi connectivity index (χ0n) is 11.4. The summed E-state index contributed by atoms with van der Waals surface area (Å²) >= 11 is 3.44. The van der Waals surface area contributed by atoms with Crippen LogP contribution in [0.5, 0.6) is 0 Å². The maximum Gasteiger partial charge on any atom is 0.219 e. The van der Waals surface area contributed by atoms with Gasteiger partial charge in [-0.3, -0.25) is 4.79 Å². The van der Waals surface area contributed by atoms with Crippen LogP contribution in [0.25, 0.3) is 0 Å². The molecule has 0 unspecified atom stereocenters. The van der Waals surface area contributed by atoms with E-state index in [-0.39, 0.29) is 5.91 Å². The highest BCUT2D eigenvalue weighted by atomic mass is 79.9. The van der Waals surface area contributed by atoms with E-state index in [1.165, 1.54) is 0 Å². The van der Waals surface area contributed by atoms with Gasteiger partial charge in [0.2, 0.25) is 5.91 Å². The third-order valence-electron chi connectivity index (χ3n) is 3.25. The average Bonchev–Trinajstić information content (AvgIpc) is 2.38. The highest BCUT2D eigenvalue weighted by Crippen LogP contribution is 2.19. The molecule has 1 aromatic rings. The van der Waals surface area contributed by atoms with Crippen molar-refractivity contribution in [2.75, 3.05) is 31.1 Å². The number of carbonyl (C=O) groups excluding carboxylic acids is 1. The molecule has 6 heteroatoms. The molecular formula is C13H19BrN4O. The van der Waals surface area contributed by atoms with Gasteiger partial charge in [-0.1, -0.05) is 6.92 Å². The molecule has 1 amide bonds. The molecule has 5 nitrogen and oxygen atoms in total. The number of halogens is 1. The molecule has 0 N–H and O–H groups in total. The van der Waals surface area contributed by atoms with Crippen LogP contribution in [-0.4, -0.2) is 47.0 Å². The van der Waals surface area contributed by atoms with Crippen LogP contribution in [0.15, 0.2) is 10.7 Å². The Hall–Kier alpha value is -1.17. The van der Waals surface area contributed by atoms with Gasteiger partial charge in [0.1, 0.15) is 16.2 Å². The molecule has 0 aromatic carbocycles. The molecule has 1 aliphatic rings. The molecular weight excluding hydrogens is 308 g/mol. The van der Waals surface area contributed by atoms with E-state index in [2.05, 4.69) is 37.7 Å². The van der Waals surface area contributed by atoms with E-state index in [4.69, 9.17) is 0 Å². The number of carbonyl (C=O) groups is 1. The van der Waals surface area contributed by atoms with Crippen LogP contribution in [-0.2, 0) is 11.2 Å². The lowest BCUT2D eigenvalue weighted by atomic mass is 10.3. The van der Waals surface area contributed by atoms with Crippen molar-refractivity contribution < 1.29 is 4.79 Å². The highest BCUT2D eigenvalue weighted by molar-refractivity contribution is 9.10. The fraction of sp³-hybridized carbons (Fsp3) is 0.615. The van der Waals surface area contributed by atoms with Gasteiger partial charge < -0.3 is 9.80 Å². The van der Waals surface area contributed by atoms with E-state index in [0.717, 1.165) is 55.3 Å². The van der Waals surface area contributed by atoms with Crippen LogP contribution in [0.4, 0.5) is 5.82 Å². The Labute approximate surface area is 122 Å². The van der Waals surface area contributed by atoms with Gasteiger partial charge in [0.25, 0.3) is 0 Å². The van der Waals surface area contributed by atoms with Crippen LogP contribution >= 0.6 is 15.9 Å². The Kier molecular flexibility index (Phi) is 4.74. The number of aryl methyl sites for hydroxylation is 1. The van der Waals surface area contributed by atoms with Crippen LogP contribution in [0.2, 0.25) is 0 Å². The SMILES string of the molecule is CCCc1nc(Br)cc(N2CCN(C(C)=O)CC2)n1. The predicted octanol–water partition coefficient (Wildman–Crippen LogP) is 1.86. The van der Waals surface area contributed by atoms with E-state index >= 15 is 0 Å². The second-order valence-corrected chi connectivity index (χ2v) is 5.52. The first-order valence-electron chi connectivity index (χ1n) is 6.64. The van der Waals surface area contributed by atoms with Crippen LogP contribution in [0.3, 0.4) is 0 Å². The third-order valence-corrected chi connectivity index (χ3v) is 3.66. The Morgan fingerprint density at radius 2 is 2.00 bits per heavy atom. The first kappa shape index (κ1) is 14.2. The number of rotatable bonds is 3. The van der Waals surface area contributed by atoms with Crippen LogP contribution < -0.4 is 4.90 Å². The van der Waals surface area contributed by atoms with Gasteiger partial charge in [-0.25, -0.2) is 9.97 Å². The molecule has 0 aliphatic carbocycles. The maximum atomic E-state index is 11.3. The number of anilines is 1. The van der Waals surface area contributed by atoms with Gasteiger partial charge in [0.15, 0.2) is 0 Å². The number of hydrogen-bond acceptors (Lipinski definition) is 4. The summed E-state index contributed by atoms with van der Waals surface area (Å²) in [7, 11) is 0. The van der Waals surface area contributed by atoms with Crippen molar-refractivity contribution >= 4 is 27.7 Å². The fourth-order valence-electron chi connectivity index (χ4n) is 2.20. The molecule has 0 atom stereocenters. The normalized spacial score (nSPS) is 15.7. The van der Waals surface area contributed by atoms with Gasteiger partial charge in [-0.05, 0) is 22.4 Å². The summed E-state index contributed by atoms with van der Waals surface area (Å²) in [5.41, 5.74) is 0. The molecule has 104 valence electrons. The largest absolute Gasteiger partial charge is 0.353 e. The number of piperazine rings is 1. The number of nitrogens with zero attached hydrogens (tertiary/aromatic N) is 4. The van der Waals surface area contributed by atoms with E-state index in [1.54, 1.807) is 6.92 Å². The van der Waals surface area contributed by atoms with E-state index in [1.807, 2.05) is 11.0 Å². The Balaban J connectivity index is 2.08. The highest BCUT2D eigenvalue weighted by Gasteiger charge is 2.20. The quantitative estimate of drug-likeness (QED) is 0.795. The van der Waals surface area contributed by atoms with Crippen LogP contribution in [0, 0.1) is 0 Å². The molecule has 2 heterocycles. The molecule has 0 spiro atoms. The summed E-state index contributed by atoms with van der Waals surface area (Å²) < 4.78 is 0.829. The van der Waals surface area contributed by atoms with Gasteiger partial charge >= 0.3 is 0 Å². The molecule has 1 saturated heterocycles. The molecule has 19 heavy (non-hydrogen) atoms. The summed E-state index contributed by atoms with van der Waals surface area (Å²) in [6.45, 7) is 6.93. The van der Waals surface area contributed by atoms with E-state index < -0.39 is 0 Å². The summed E-state index contributed by atoms with van der Waals surface area (Å²) in [5.74, 6) is 1.98. The standard InChI is InChI=1S/C13H19BrN4O/c1-3-4-12-15-11(14)9-13(16-12)18-7-5-17(6-8-18)10(2)19/h9H,3-8H2,1-2H3. The van der Waals surface area contributed by atoms with Gasteiger partial charge in [0, 0.05) is 45.6 Å². The zero-order valence-corrected chi connectivity index (χ0v) is 13.0. The predicted molar refractivity (Wildman–Crippen MR) is 78.2 cm³/mol. The second kappa shape index (κ2) is 6.32. The van der Waals surface area contributed by atoms with Crippen molar-refractivity contribution in [3.63, 3.8) is 0 Å². The van der Waals surface area contributed by atoms with Gasteiger partial charge in [-0.2, -0.15) is 0 Å². The molecule has 0 saturated carbocycles.